The highest BCUT2D eigenvalue weighted by molar-refractivity contribution is 6.33. The molecule has 1 aliphatic heterocycles. The van der Waals surface area contributed by atoms with Crippen LogP contribution in [0.5, 0.6) is 0 Å². The van der Waals surface area contributed by atoms with E-state index in [1.54, 1.807) is 0 Å². The molecule has 1 heterocycles. The van der Waals surface area contributed by atoms with E-state index in [2.05, 4.69) is 9.80 Å². The van der Waals surface area contributed by atoms with Gasteiger partial charge in [-0.05, 0) is 45.1 Å². The second kappa shape index (κ2) is 5.57. The zero-order valence-electron chi connectivity index (χ0n) is 11.7. The van der Waals surface area contributed by atoms with Crippen LogP contribution in [0.25, 0.3) is 0 Å². The second-order valence-electron chi connectivity index (χ2n) is 5.62. The standard InChI is InChI=1S/C14H22ClN3O/c1-9-4-13(16)12(15)6-14(9)18-8-11(19)5-10(18)7-17(2)3/h4,6,10-11,19H,5,7-8,16H2,1-3H3. The molecule has 0 aromatic heterocycles. The van der Waals surface area contributed by atoms with E-state index in [4.69, 9.17) is 17.3 Å². The van der Waals surface area contributed by atoms with E-state index in [1.165, 1.54) is 0 Å². The number of hydrogen-bond donors (Lipinski definition) is 2. The van der Waals surface area contributed by atoms with Gasteiger partial charge in [-0.25, -0.2) is 0 Å². The fourth-order valence-corrected chi connectivity index (χ4v) is 2.94. The van der Waals surface area contributed by atoms with E-state index < -0.39 is 0 Å². The van der Waals surface area contributed by atoms with Gasteiger partial charge in [-0.15, -0.1) is 0 Å². The summed E-state index contributed by atoms with van der Waals surface area (Å²) in [5.74, 6) is 0. The summed E-state index contributed by atoms with van der Waals surface area (Å²) >= 11 is 6.13. The van der Waals surface area contributed by atoms with Gasteiger partial charge < -0.3 is 20.6 Å². The predicted octanol–water partition coefficient (Wildman–Crippen LogP) is 1.73. The Morgan fingerprint density at radius 1 is 1.47 bits per heavy atom. The van der Waals surface area contributed by atoms with E-state index in [1.807, 2.05) is 33.2 Å². The van der Waals surface area contributed by atoms with Gasteiger partial charge in [0.1, 0.15) is 0 Å². The number of benzene rings is 1. The molecule has 5 heteroatoms. The first-order chi connectivity index (χ1) is 8.88. The molecule has 2 atom stereocenters. The van der Waals surface area contributed by atoms with E-state index >= 15 is 0 Å². The lowest BCUT2D eigenvalue weighted by Gasteiger charge is -2.30. The summed E-state index contributed by atoms with van der Waals surface area (Å²) in [4.78, 5) is 4.38. The first-order valence-electron chi connectivity index (χ1n) is 6.53. The van der Waals surface area contributed by atoms with E-state index in [9.17, 15) is 5.11 Å². The fraction of sp³-hybridized carbons (Fsp3) is 0.571. The molecule has 0 bridgehead atoms. The first kappa shape index (κ1) is 14.4. The summed E-state index contributed by atoms with van der Waals surface area (Å²) in [7, 11) is 4.09. The number of aliphatic hydroxyl groups is 1. The normalized spacial score (nSPS) is 23.4. The van der Waals surface area contributed by atoms with Gasteiger partial charge in [0.2, 0.25) is 0 Å². The zero-order chi connectivity index (χ0) is 14.2. The van der Waals surface area contributed by atoms with E-state index in [0.29, 0.717) is 23.3 Å². The van der Waals surface area contributed by atoms with Crippen LogP contribution in [0.1, 0.15) is 12.0 Å². The monoisotopic (exact) mass is 283 g/mol. The van der Waals surface area contributed by atoms with Crippen LogP contribution in [0.3, 0.4) is 0 Å². The number of nitrogen functional groups attached to an aromatic ring is 1. The lowest BCUT2D eigenvalue weighted by molar-refractivity contribution is 0.191. The maximum absolute atomic E-state index is 9.94. The molecule has 1 aromatic carbocycles. The van der Waals surface area contributed by atoms with Crippen LogP contribution in [-0.4, -0.2) is 49.3 Å². The number of halogens is 1. The number of anilines is 2. The molecule has 2 unspecified atom stereocenters. The Hall–Kier alpha value is -0.970. The number of rotatable bonds is 3. The van der Waals surface area contributed by atoms with Crippen molar-refractivity contribution in [2.24, 2.45) is 0 Å². The maximum atomic E-state index is 9.94. The zero-order valence-corrected chi connectivity index (χ0v) is 12.5. The van der Waals surface area contributed by atoms with Gasteiger partial charge in [0.15, 0.2) is 0 Å². The average molecular weight is 284 g/mol. The minimum absolute atomic E-state index is 0.277. The molecule has 4 nitrogen and oxygen atoms in total. The fourth-order valence-electron chi connectivity index (χ4n) is 2.78. The molecule has 0 aliphatic carbocycles. The van der Waals surface area contributed by atoms with Gasteiger partial charge in [0, 0.05) is 24.8 Å². The lowest BCUT2D eigenvalue weighted by Crippen LogP contribution is -2.38. The van der Waals surface area contributed by atoms with E-state index in [-0.39, 0.29) is 6.10 Å². The third-order valence-corrected chi connectivity index (χ3v) is 3.92. The van der Waals surface area contributed by atoms with E-state index in [0.717, 1.165) is 24.2 Å². The minimum Gasteiger partial charge on any atom is -0.398 e. The Balaban J connectivity index is 2.31. The number of likely N-dealkylation sites (N-methyl/N-ethyl adjacent to an activating group) is 1. The third-order valence-electron chi connectivity index (χ3n) is 3.59. The largest absolute Gasteiger partial charge is 0.398 e. The molecular weight excluding hydrogens is 262 g/mol. The van der Waals surface area contributed by atoms with Gasteiger partial charge in [-0.1, -0.05) is 11.6 Å². The van der Waals surface area contributed by atoms with Crippen molar-refractivity contribution in [3.05, 3.63) is 22.7 Å². The smallest absolute Gasteiger partial charge is 0.0735 e. The predicted molar refractivity (Wildman–Crippen MR) is 80.9 cm³/mol. The van der Waals surface area contributed by atoms with Crippen molar-refractivity contribution in [2.45, 2.75) is 25.5 Å². The summed E-state index contributed by atoms with van der Waals surface area (Å²) in [5, 5.41) is 10.5. The van der Waals surface area contributed by atoms with Crippen molar-refractivity contribution in [1.29, 1.82) is 0 Å². The van der Waals surface area contributed by atoms with Crippen LogP contribution in [0.4, 0.5) is 11.4 Å². The van der Waals surface area contributed by atoms with Gasteiger partial charge in [-0.2, -0.15) is 0 Å². The number of nitrogens with two attached hydrogens (primary N) is 1. The van der Waals surface area contributed by atoms with Crippen LogP contribution in [0, 0.1) is 6.92 Å². The Kier molecular flexibility index (Phi) is 4.23. The highest BCUT2D eigenvalue weighted by atomic mass is 35.5. The second-order valence-corrected chi connectivity index (χ2v) is 6.03. The van der Waals surface area contributed by atoms with Crippen molar-refractivity contribution in [3.8, 4) is 0 Å². The Morgan fingerprint density at radius 3 is 2.79 bits per heavy atom. The quantitative estimate of drug-likeness (QED) is 0.830. The van der Waals surface area contributed by atoms with Gasteiger partial charge in [0.25, 0.3) is 0 Å². The van der Waals surface area contributed by atoms with Crippen molar-refractivity contribution in [2.75, 3.05) is 37.8 Å². The molecule has 3 N–H and O–H groups in total. The number of β-amino-alcohol motifs (C(OH)–C–C–N with tert-alkyl or cyclic N) is 1. The third kappa shape index (κ3) is 3.14. The SMILES string of the molecule is Cc1cc(N)c(Cl)cc1N1CC(O)CC1CN(C)C. The summed E-state index contributed by atoms with van der Waals surface area (Å²) in [6, 6.07) is 4.12. The van der Waals surface area contributed by atoms with Gasteiger partial charge in [-0.3, -0.25) is 0 Å². The molecule has 106 valence electrons. The summed E-state index contributed by atoms with van der Waals surface area (Å²) in [6.07, 6.45) is 0.514. The van der Waals surface area contributed by atoms with Crippen LogP contribution in [0.2, 0.25) is 5.02 Å². The van der Waals surface area contributed by atoms with Crippen molar-refractivity contribution in [1.82, 2.24) is 4.90 Å². The first-order valence-corrected chi connectivity index (χ1v) is 6.91. The van der Waals surface area contributed by atoms with Crippen molar-refractivity contribution >= 4 is 23.0 Å². The Bertz CT molecular complexity index is 464. The molecular formula is C14H22ClN3O. The summed E-state index contributed by atoms with van der Waals surface area (Å²) in [6.45, 7) is 3.59. The summed E-state index contributed by atoms with van der Waals surface area (Å²) in [5.41, 5.74) is 8.60. The molecule has 1 aromatic rings. The highest BCUT2D eigenvalue weighted by Crippen LogP contribution is 2.33. The maximum Gasteiger partial charge on any atom is 0.0735 e. The molecule has 2 rings (SSSR count). The Morgan fingerprint density at radius 2 is 2.16 bits per heavy atom. The molecule has 1 fully saturated rings. The van der Waals surface area contributed by atoms with Gasteiger partial charge in [0.05, 0.1) is 16.8 Å². The molecule has 0 amide bonds. The average Bonchev–Trinajstić information content (AvgIpc) is 2.63. The van der Waals surface area contributed by atoms with Crippen molar-refractivity contribution < 1.29 is 5.11 Å². The molecule has 19 heavy (non-hydrogen) atoms. The van der Waals surface area contributed by atoms with Crippen molar-refractivity contribution in [3.63, 3.8) is 0 Å². The minimum atomic E-state index is -0.277. The number of hydrogen-bond acceptors (Lipinski definition) is 4. The number of aliphatic hydroxyl groups excluding tert-OH is 1. The van der Waals surface area contributed by atoms with Crippen LogP contribution < -0.4 is 10.6 Å². The molecule has 0 radical (unpaired) electrons. The molecule has 0 spiro atoms. The van der Waals surface area contributed by atoms with Crippen LogP contribution in [-0.2, 0) is 0 Å². The molecule has 1 aliphatic rings. The van der Waals surface area contributed by atoms with Gasteiger partial charge >= 0.3 is 0 Å². The summed E-state index contributed by atoms with van der Waals surface area (Å²) < 4.78 is 0. The van der Waals surface area contributed by atoms with Crippen LogP contribution >= 0.6 is 11.6 Å². The van der Waals surface area contributed by atoms with Crippen LogP contribution in [0.15, 0.2) is 12.1 Å². The topological polar surface area (TPSA) is 52.7 Å². The Labute approximate surface area is 119 Å². The highest BCUT2D eigenvalue weighted by Gasteiger charge is 2.32. The molecule has 0 saturated carbocycles. The molecule has 1 saturated heterocycles. The lowest BCUT2D eigenvalue weighted by atomic mass is 10.1. The number of nitrogens with zero attached hydrogens (tertiary/aromatic N) is 2. The number of aryl methyl sites for hydroxylation is 1.